The van der Waals surface area contributed by atoms with Crippen molar-refractivity contribution in [3.63, 3.8) is 0 Å². The van der Waals surface area contributed by atoms with Gasteiger partial charge in [0.2, 0.25) is 0 Å². The molecule has 0 radical (unpaired) electrons. The van der Waals surface area contributed by atoms with Gasteiger partial charge in [-0.05, 0) is 27.7 Å². The fourth-order valence-electron chi connectivity index (χ4n) is 1.32. The van der Waals surface area contributed by atoms with E-state index in [0.717, 1.165) is 0 Å². The number of rotatable bonds is 10. The molecule has 0 saturated carbocycles. The van der Waals surface area contributed by atoms with Gasteiger partial charge in [0.05, 0.1) is 0 Å². The van der Waals surface area contributed by atoms with Crippen molar-refractivity contribution in [1.82, 2.24) is 10.6 Å². The Hall–Kier alpha value is -3.04. The third-order valence-corrected chi connectivity index (χ3v) is 2.39. The van der Waals surface area contributed by atoms with Gasteiger partial charge in [-0.2, -0.15) is 0 Å². The quantitative estimate of drug-likeness (QED) is 0.278. The summed E-state index contributed by atoms with van der Waals surface area (Å²) in [6.45, 7) is 5.05. The largest absolute Gasteiger partial charge is 0.454 e. The van der Waals surface area contributed by atoms with Crippen LogP contribution in [-0.4, -0.2) is 60.6 Å². The van der Waals surface area contributed by atoms with Crippen LogP contribution < -0.4 is 10.6 Å². The number of ether oxygens (including phenoxy) is 2. The molecule has 0 aromatic rings. The summed E-state index contributed by atoms with van der Waals surface area (Å²) in [6.07, 6.45) is 1.32. The average molecular weight is 370 g/mol. The molecule has 2 amide bonds. The molecule has 0 aromatic heterocycles. The van der Waals surface area contributed by atoms with Crippen molar-refractivity contribution in [3.05, 3.63) is 12.2 Å². The molecule has 0 aliphatic rings. The van der Waals surface area contributed by atoms with Crippen molar-refractivity contribution in [3.8, 4) is 0 Å². The van der Waals surface area contributed by atoms with Gasteiger partial charge < -0.3 is 20.1 Å². The van der Waals surface area contributed by atoms with Crippen LogP contribution in [0.1, 0.15) is 27.7 Å². The molecule has 0 bridgehead atoms. The Balaban J connectivity index is 4.22. The van der Waals surface area contributed by atoms with E-state index in [-0.39, 0.29) is 12.1 Å². The number of ketones is 2. The third-order valence-electron chi connectivity index (χ3n) is 2.39. The van der Waals surface area contributed by atoms with Crippen LogP contribution in [0.4, 0.5) is 0 Å². The van der Waals surface area contributed by atoms with Gasteiger partial charge in [0.15, 0.2) is 13.2 Å². The van der Waals surface area contributed by atoms with Crippen LogP contribution in [-0.2, 0) is 38.2 Å². The van der Waals surface area contributed by atoms with E-state index in [0.29, 0.717) is 12.2 Å². The minimum absolute atomic E-state index is 0.248. The van der Waals surface area contributed by atoms with Crippen LogP contribution in [0.5, 0.6) is 0 Å². The van der Waals surface area contributed by atoms with Gasteiger partial charge in [0.1, 0.15) is 0 Å². The van der Waals surface area contributed by atoms with Gasteiger partial charge >= 0.3 is 11.9 Å². The van der Waals surface area contributed by atoms with Gasteiger partial charge in [-0.3, -0.25) is 19.2 Å². The Morgan fingerprint density at radius 2 is 1.00 bits per heavy atom. The molecule has 0 aliphatic carbocycles. The lowest BCUT2D eigenvalue weighted by Crippen LogP contribution is -2.38. The van der Waals surface area contributed by atoms with Gasteiger partial charge in [-0.25, -0.2) is 9.59 Å². The van der Waals surface area contributed by atoms with E-state index in [1.165, 1.54) is 0 Å². The Bertz CT molecular complexity index is 555. The van der Waals surface area contributed by atoms with Crippen LogP contribution in [0, 0.1) is 0 Å². The predicted octanol–water partition coefficient (Wildman–Crippen LogP) is -1.18. The Morgan fingerprint density at radius 1 is 0.692 bits per heavy atom. The number of hydrogen-bond acceptors (Lipinski definition) is 8. The molecule has 0 unspecified atom stereocenters. The van der Waals surface area contributed by atoms with E-state index >= 15 is 0 Å². The molecule has 26 heavy (non-hydrogen) atoms. The molecule has 10 nitrogen and oxygen atoms in total. The van der Waals surface area contributed by atoms with Gasteiger partial charge in [-0.15, -0.1) is 0 Å². The predicted molar refractivity (Wildman–Crippen MR) is 87.6 cm³/mol. The van der Waals surface area contributed by atoms with E-state index in [2.05, 4.69) is 20.1 Å². The second-order valence-electron chi connectivity index (χ2n) is 5.65. The van der Waals surface area contributed by atoms with E-state index < -0.39 is 48.5 Å². The lowest BCUT2D eigenvalue weighted by atomic mass is 10.3. The van der Waals surface area contributed by atoms with E-state index in [9.17, 15) is 28.8 Å². The summed E-state index contributed by atoms with van der Waals surface area (Å²) >= 11 is 0. The minimum Gasteiger partial charge on any atom is -0.454 e. The fourth-order valence-corrected chi connectivity index (χ4v) is 1.32. The molecule has 0 spiro atoms. The van der Waals surface area contributed by atoms with Crippen LogP contribution in [0.25, 0.3) is 0 Å². The molecule has 2 N–H and O–H groups in total. The summed E-state index contributed by atoms with van der Waals surface area (Å²) in [5.41, 5.74) is 0. The molecule has 144 valence electrons. The van der Waals surface area contributed by atoms with Gasteiger partial charge in [-0.1, -0.05) is 0 Å². The van der Waals surface area contributed by atoms with Crippen molar-refractivity contribution in [2.24, 2.45) is 0 Å². The summed E-state index contributed by atoms with van der Waals surface area (Å²) in [5, 5.41) is 4.66. The maximum Gasteiger partial charge on any atom is 0.331 e. The normalized spacial score (nSPS) is 10.5. The van der Waals surface area contributed by atoms with Crippen LogP contribution >= 0.6 is 0 Å². The topological polar surface area (TPSA) is 145 Å². The first-order valence-corrected chi connectivity index (χ1v) is 7.71. The molecular weight excluding hydrogens is 348 g/mol. The van der Waals surface area contributed by atoms with E-state index in [1.54, 1.807) is 27.7 Å². The van der Waals surface area contributed by atoms with Gasteiger partial charge in [0, 0.05) is 24.2 Å². The molecule has 0 rings (SSSR count). The molecule has 0 heterocycles. The van der Waals surface area contributed by atoms with Gasteiger partial charge in [0.25, 0.3) is 23.4 Å². The SMILES string of the molecule is CC(C)NC(=O)C(=O)COC(=O)/C=C/C(=O)OCC(=O)C(=O)NC(C)C. The molecule has 10 heteroatoms. The molecule has 0 fully saturated rings. The van der Waals surface area contributed by atoms with E-state index in [4.69, 9.17) is 0 Å². The molecule has 0 aromatic carbocycles. The van der Waals surface area contributed by atoms with Crippen molar-refractivity contribution in [1.29, 1.82) is 0 Å². The summed E-state index contributed by atoms with van der Waals surface area (Å²) < 4.78 is 8.98. The number of carbonyl (C=O) groups excluding carboxylic acids is 6. The minimum atomic E-state index is -1.06. The Morgan fingerprint density at radius 3 is 1.27 bits per heavy atom. The lowest BCUT2D eigenvalue weighted by Gasteiger charge is -2.07. The van der Waals surface area contributed by atoms with E-state index in [1.807, 2.05) is 0 Å². The highest BCUT2D eigenvalue weighted by Crippen LogP contribution is 1.89. The van der Waals surface area contributed by atoms with Crippen molar-refractivity contribution >= 4 is 35.3 Å². The average Bonchev–Trinajstić information content (AvgIpc) is 2.54. The highest BCUT2D eigenvalue weighted by molar-refractivity contribution is 6.37. The van der Waals surface area contributed by atoms with Crippen molar-refractivity contribution in [2.45, 2.75) is 39.8 Å². The lowest BCUT2D eigenvalue weighted by molar-refractivity contribution is -0.148. The first-order valence-electron chi connectivity index (χ1n) is 7.71. The molecule has 0 saturated heterocycles. The maximum absolute atomic E-state index is 11.4. The second kappa shape index (κ2) is 11.5. The van der Waals surface area contributed by atoms with Crippen molar-refractivity contribution in [2.75, 3.05) is 13.2 Å². The molecule has 0 atom stereocenters. The monoisotopic (exact) mass is 370 g/mol. The Kier molecular flexibility index (Phi) is 10.2. The van der Waals surface area contributed by atoms with Crippen LogP contribution in [0.3, 0.4) is 0 Å². The number of nitrogens with one attached hydrogen (secondary N) is 2. The highest BCUT2D eigenvalue weighted by atomic mass is 16.5. The molecule has 0 aliphatic heterocycles. The first-order chi connectivity index (χ1) is 12.0. The molecular formula is C16H22N2O8. The zero-order valence-electron chi connectivity index (χ0n) is 15.0. The smallest absolute Gasteiger partial charge is 0.331 e. The van der Waals surface area contributed by atoms with Crippen LogP contribution in [0.2, 0.25) is 0 Å². The fraction of sp³-hybridized carbons (Fsp3) is 0.500. The number of carbonyl (C=O) groups is 6. The first kappa shape index (κ1) is 23.0. The zero-order chi connectivity index (χ0) is 20.3. The third kappa shape index (κ3) is 10.7. The standard InChI is InChI=1S/C16H22N2O8/c1-9(2)17-15(23)11(19)7-25-13(21)5-6-14(22)26-8-12(20)16(24)18-10(3)4/h5-6,9-10H,7-8H2,1-4H3,(H,17,23)(H,18,24)/b6-5+. The van der Waals surface area contributed by atoms with Crippen molar-refractivity contribution < 1.29 is 38.2 Å². The number of hydrogen-bond donors (Lipinski definition) is 2. The van der Waals surface area contributed by atoms with Crippen LogP contribution in [0.15, 0.2) is 12.2 Å². The number of Topliss-reactive ketones (excluding diaryl/α,β-unsaturated/α-hetero) is 2. The number of amides is 2. The summed E-state index contributed by atoms with van der Waals surface area (Å²) in [4.78, 5) is 68.0. The second-order valence-corrected chi connectivity index (χ2v) is 5.65. The summed E-state index contributed by atoms with van der Waals surface area (Å²) in [5.74, 6) is -5.81. The maximum atomic E-state index is 11.4. The number of esters is 2. The Labute approximate surface area is 150 Å². The zero-order valence-corrected chi connectivity index (χ0v) is 15.0. The highest BCUT2D eigenvalue weighted by Gasteiger charge is 2.17. The summed E-state index contributed by atoms with van der Waals surface area (Å²) in [6, 6.07) is -0.496. The summed E-state index contributed by atoms with van der Waals surface area (Å²) in [7, 11) is 0.